The molecule has 0 aliphatic carbocycles. The highest BCUT2D eigenvalue weighted by atomic mass is 127. The summed E-state index contributed by atoms with van der Waals surface area (Å²) in [6, 6.07) is 22.3. The molecule has 130 valence electrons. The van der Waals surface area contributed by atoms with Crippen molar-refractivity contribution in [3.8, 4) is 5.75 Å². The Hall–Kier alpha value is -2.67. The van der Waals surface area contributed by atoms with Crippen LogP contribution in [-0.2, 0) is 6.61 Å². The first-order valence-corrected chi connectivity index (χ1v) is 9.03. The van der Waals surface area contributed by atoms with Crippen LogP contribution in [-0.4, -0.2) is 17.3 Å². The standard InChI is InChI=1S/C21H16INO3/c22-18-5-3-6-19(12-18)23-13-17-4-1-2-7-20(17)26-14-15-8-10-16(11-9-15)21(24)25/h1-13H,14H2,(H,24,25). The quantitative estimate of drug-likeness (QED) is 0.403. The molecule has 0 amide bonds. The number of hydrogen-bond donors (Lipinski definition) is 1. The number of carboxylic acids is 1. The van der Waals surface area contributed by atoms with E-state index in [-0.39, 0.29) is 5.56 Å². The third-order valence-corrected chi connectivity index (χ3v) is 4.35. The van der Waals surface area contributed by atoms with Crippen molar-refractivity contribution in [2.24, 2.45) is 4.99 Å². The Morgan fingerprint density at radius 1 is 1.04 bits per heavy atom. The highest BCUT2D eigenvalue weighted by Crippen LogP contribution is 2.20. The van der Waals surface area contributed by atoms with E-state index in [9.17, 15) is 4.79 Å². The van der Waals surface area contributed by atoms with Crippen LogP contribution in [0.4, 0.5) is 5.69 Å². The summed E-state index contributed by atoms with van der Waals surface area (Å²) in [5, 5.41) is 8.94. The van der Waals surface area contributed by atoms with Crippen LogP contribution in [0.25, 0.3) is 0 Å². The molecule has 4 nitrogen and oxygen atoms in total. The van der Waals surface area contributed by atoms with Crippen molar-refractivity contribution < 1.29 is 14.6 Å². The predicted octanol–water partition coefficient (Wildman–Crippen LogP) is 5.32. The summed E-state index contributed by atoms with van der Waals surface area (Å²) in [4.78, 5) is 15.4. The topological polar surface area (TPSA) is 58.9 Å². The Balaban J connectivity index is 1.72. The first-order valence-electron chi connectivity index (χ1n) is 7.95. The lowest BCUT2D eigenvalue weighted by atomic mass is 10.1. The molecule has 0 aliphatic rings. The van der Waals surface area contributed by atoms with Crippen LogP contribution in [0.3, 0.4) is 0 Å². The number of rotatable bonds is 6. The Kier molecular flexibility index (Phi) is 6.01. The Morgan fingerprint density at radius 3 is 2.54 bits per heavy atom. The third kappa shape index (κ3) is 4.92. The molecule has 0 saturated heterocycles. The maximum atomic E-state index is 10.9. The van der Waals surface area contributed by atoms with E-state index in [1.807, 2.05) is 48.5 Å². The van der Waals surface area contributed by atoms with Gasteiger partial charge in [-0.3, -0.25) is 4.99 Å². The van der Waals surface area contributed by atoms with Gasteiger partial charge >= 0.3 is 5.97 Å². The fourth-order valence-corrected chi connectivity index (χ4v) is 2.85. The highest BCUT2D eigenvalue weighted by Gasteiger charge is 2.04. The number of aliphatic imine (C=N–C) groups is 1. The lowest BCUT2D eigenvalue weighted by molar-refractivity contribution is 0.0697. The normalized spacial score (nSPS) is 10.8. The van der Waals surface area contributed by atoms with Crippen LogP contribution in [0.5, 0.6) is 5.75 Å². The van der Waals surface area contributed by atoms with E-state index in [0.29, 0.717) is 6.61 Å². The summed E-state index contributed by atoms with van der Waals surface area (Å²) in [6.45, 7) is 0.355. The number of hydrogen-bond acceptors (Lipinski definition) is 3. The summed E-state index contributed by atoms with van der Waals surface area (Å²) in [6.07, 6.45) is 1.79. The van der Waals surface area contributed by atoms with Crippen LogP contribution < -0.4 is 4.74 Å². The minimum absolute atomic E-state index is 0.263. The van der Waals surface area contributed by atoms with Gasteiger partial charge in [0.15, 0.2) is 0 Å². The first-order chi connectivity index (χ1) is 12.6. The average Bonchev–Trinajstić information content (AvgIpc) is 2.66. The molecule has 26 heavy (non-hydrogen) atoms. The zero-order valence-corrected chi connectivity index (χ0v) is 16.0. The van der Waals surface area contributed by atoms with Crippen LogP contribution >= 0.6 is 22.6 Å². The van der Waals surface area contributed by atoms with Gasteiger partial charge in [0.25, 0.3) is 0 Å². The SMILES string of the molecule is O=C(O)c1ccc(COc2ccccc2C=Nc2cccc(I)c2)cc1. The van der Waals surface area contributed by atoms with Crippen molar-refractivity contribution in [1.29, 1.82) is 0 Å². The minimum Gasteiger partial charge on any atom is -0.488 e. The maximum Gasteiger partial charge on any atom is 0.335 e. The molecular formula is C21H16INO3. The molecule has 1 N–H and O–H groups in total. The predicted molar refractivity (Wildman–Crippen MR) is 111 cm³/mol. The number of benzene rings is 3. The Bertz CT molecular complexity index is 936. The molecule has 0 fully saturated rings. The van der Waals surface area contributed by atoms with Crippen molar-refractivity contribution in [2.75, 3.05) is 0 Å². The molecule has 0 saturated carbocycles. The molecule has 3 rings (SSSR count). The summed E-state index contributed by atoms with van der Waals surface area (Å²) in [7, 11) is 0. The first kappa shape index (κ1) is 18.1. The summed E-state index contributed by atoms with van der Waals surface area (Å²) >= 11 is 2.26. The van der Waals surface area contributed by atoms with Crippen LogP contribution in [0.2, 0.25) is 0 Å². The van der Waals surface area contributed by atoms with Crippen molar-refractivity contribution in [3.63, 3.8) is 0 Å². The summed E-state index contributed by atoms with van der Waals surface area (Å²) in [5.74, 6) is -0.209. The second-order valence-corrected chi connectivity index (χ2v) is 6.81. The second kappa shape index (κ2) is 8.62. The lowest BCUT2D eigenvalue weighted by Crippen LogP contribution is -2.00. The monoisotopic (exact) mass is 457 g/mol. The van der Waals surface area contributed by atoms with Gasteiger partial charge in [0.1, 0.15) is 12.4 Å². The van der Waals surface area contributed by atoms with Crippen LogP contribution in [0, 0.1) is 3.57 Å². The van der Waals surface area contributed by atoms with Gasteiger partial charge in [0, 0.05) is 15.3 Å². The fourth-order valence-electron chi connectivity index (χ4n) is 2.32. The van der Waals surface area contributed by atoms with E-state index in [0.717, 1.165) is 26.1 Å². The van der Waals surface area contributed by atoms with Gasteiger partial charge in [-0.25, -0.2) is 4.79 Å². The zero-order chi connectivity index (χ0) is 18.4. The molecule has 0 aromatic heterocycles. The number of nitrogens with zero attached hydrogens (tertiary/aromatic N) is 1. The molecule has 0 radical (unpaired) electrons. The number of ether oxygens (including phenoxy) is 1. The van der Waals surface area contributed by atoms with Gasteiger partial charge < -0.3 is 9.84 Å². The molecule has 0 bridgehead atoms. The number of carbonyl (C=O) groups is 1. The maximum absolute atomic E-state index is 10.9. The van der Waals surface area contributed by atoms with Gasteiger partial charge in [-0.05, 0) is 70.6 Å². The van der Waals surface area contributed by atoms with Gasteiger partial charge in [-0.2, -0.15) is 0 Å². The van der Waals surface area contributed by atoms with Crippen molar-refractivity contribution in [1.82, 2.24) is 0 Å². The summed E-state index contributed by atoms with van der Waals surface area (Å²) < 4.78 is 7.03. The lowest BCUT2D eigenvalue weighted by Gasteiger charge is -2.09. The van der Waals surface area contributed by atoms with Gasteiger partial charge in [0.05, 0.1) is 11.3 Å². The average molecular weight is 457 g/mol. The molecule has 3 aromatic rings. The molecular weight excluding hydrogens is 441 g/mol. The van der Waals surface area contributed by atoms with E-state index in [1.54, 1.807) is 30.5 Å². The van der Waals surface area contributed by atoms with Gasteiger partial charge in [0.2, 0.25) is 0 Å². The van der Waals surface area contributed by atoms with E-state index in [1.165, 1.54) is 0 Å². The van der Waals surface area contributed by atoms with Crippen LogP contribution in [0.1, 0.15) is 21.5 Å². The van der Waals surface area contributed by atoms with Crippen molar-refractivity contribution in [3.05, 3.63) is 93.1 Å². The molecule has 3 aromatic carbocycles. The fraction of sp³-hybridized carbons (Fsp3) is 0.0476. The van der Waals surface area contributed by atoms with E-state index >= 15 is 0 Å². The number of carboxylic acid groups (broad SMARTS) is 1. The van der Waals surface area contributed by atoms with E-state index in [4.69, 9.17) is 9.84 Å². The van der Waals surface area contributed by atoms with Gasteiger partial charge in [-0.15, -0.1) is 0 Å². The largest absolute Gasteiger partial charge is 0.488 e. The zero-order valence-electron chi connectivity index (χ0n) is 13.8. The second-order valence-electron chi connectivity index (χ2n) is 5.57. The Labute approximate surface area is 165 Å². The van der Waals surface area contributed by atoms with E-state index < -0.39 is 5.97 Å². The molecule has 0 heterocycles. The highest BCUT2D eigenvalue weighted by molar-refractivity contribution is 14.1. The number of halogens is 1. The Morgan fingerprint density at radius 2 is 1.81 bits per heavy atom. The van der Waals surface area contributed by atoms with E-state index in [2.05, 4.69) is 27.6 Å². The number of aromatic carboxylic acids is 1. The molecule has 0 spiro atoms. The van der Waals surface area contributed by atoms with Crippen molar-refractivity contribution in [2.45, 2.75) is 6.61 Å². The molecule has 0 aliphatic heterocycles. The third-order valence-electron chi connectivity index (χ3n) is 3.68. The van der Waals surface area contributed by atoms with Gasteiger partial charge in [-0.1, -0.05) is 30.3 Å². The number of para-hydroxylation sites is 1. The van der Waals surface area contributed by atoms with Crippen molar-refractivity contribution >= 4 is 40.5 Å². The molecule has 0 unspecified atom stereocenters. The van der Waals surface area contributed by atoms with Crippen LogP contribution in [0.15, 0.2) is 77.8 Å². The minimum atomic E-state index is -0.936. The smallest absolute Gasteiger partial charge is 0.335 e. The summed E-state index contributed by atoms with van der Waals surface area (Å²) in [5.41, 5.74) is 2.93. The molecule has 5 heteroatoms. The molecule has 0 atom stereocenters.